The number of aryl methyl sites for hydroxylation is 1. The number of piperidine rings is 1. The summed E-state index contributed by atoms with van der Waals surface area (Å²) in [5, 5.41) is 7.80. The van der Waals surface area contributed by atoms with E-state index in [2.05, 4.69) is 32.4 Å². The fourth-order valence-electron chi connectivity index (χ4n) is 6.59. The molecule has 3 atom stereocenters. The summed E-state index contributed by atoms with van der Waals surface area (Å²) in [4.78, 5) is 34.9. The highest BCUT2D eigenvalue weighted by Crippen LogP contribution is 2.38. The maximum atomic E-state index is 14.3. The summed E-state index contributed by atoms with van der Waals surface area (Å²) in [6.07, 6.45) is 5.04. The molecule has 2 amide bonds. The highest BCUT2D eigenvalue weighted by Gasteiger charge is 2.40. The molecule has 1 aliphatic carbocycles. The number of nitrogens with zero attached hydrogens (tertiary/aromatic N) is 3. The van der Waals surface area contributed by atoms with Crippen LogP contribution in [0.1, 0.15) is 53.9 Å². The molecule has 6 rings (SSSR count). The van der Waals surface area contributed by atoms with E-state index in [1.165, 1.54) is 7.11 Å². The number of anilines is 1. The number of rotatable bonds is 10. The van der Waals surface area contributed by atoms with Crippen molar-refractivity contribution in [1.29, 1.82) is 0 Å². The number of carbonyl (C=O) groups excluding carboxylic acids is 2. The first-order valence-electron chi connectivity index (χ1n) is 16.1. The molecule has 2 aliphatic heterocycles. The van der Waals surface area contributed by atoms with Crippen LogP contribution in [-0.2, 0) is 22.6 Å². The van der Waals surface area contributed by atoms with Gasteiger partial charge in [0.25, 0.3) is 0 Å². The third-order valence-corrected chi connectivity index (χ3v) is 10.2. The van der Waals surface area contributed by atoms with Crippen molar-refractivity contribution in [3.05, 3.63) is 86.0 Å². The largest absolute Gasteiger partial charge is 0.485 e. The van der Waals surface area contributed by atoms with E-state index in [1.54, 1.807) is 0 Å². The van der Waals surface area contributed by atoms with Crippen LogP contribution in [0.2, 0.25) is 15.1 Å². The van der Waals surface area contributed by atoms with Crippen LogP contribution in [0.25, 0.3) is 0 Å². The van der Waals surface area contributed by atoms with E-state index in [4.69, 9.17) is 44.5 Å². The molecule has 3 heterocycles. The Bertz CT molecular complexity index is 1580. The number of alkyl carbamates (subject to hydrolysis) is 1. The predicted octanol–water partition coefficient (Wildman–Crippen LogP) is 6.75. The molecule has 3 aliphatic rings. The smallest absolute Gasteiger partial charge is 0.407 e. The number of methoxy groups -OCH3 is 1. The molecular formula is C35H40Cl3N5O4. The van der Waals surface area contributed by atoms with Crippen molar-refractivity contribution in [2.24, 2.45) is 5.92 Å². The summed E-state index contributed by atoms with van der Waals surface area (Å²) in [6.45, 7) is 5.63. The molecule has 3 aromatic rings. The first-order valence-corrected chi connectivity index (χ1v) is 17.3. The Balaban J connectivity index is 1.12. The predicted molar refractivity (Wildman–Crippen MR) is 185 cm³/mol. The number of nitrogens with one attached hydrogen (secondary N) is 2. The maximum Gasteiger partial charge on any atom is 0.407 e. The summed E-state index contributed by atoms with van der Waals surface area (Å²) in [5.74, 6) is 1.39. The van der Waals surface area contributed by atoms with Gasteiger partial charge in [-0.05, 0) is 85.2 Å². The zero-order valence-corrected chi connectivity index (χ0v) is 28.9. The molecule has 2 saturated heterocycles. The van der Waals surface area contributed by atoms with Gasteiger partial charge in [-0.25, -0.2) is 9.78 Å². The SMILES string of the molecule is COC(=O)NCc1ccc(Cl)c(CN(C(=O)[C@H]2CNCC[C@@H]2c2ccc(N3CC[C@@H](Oc4c(Cl)cc(C)cc4Cl)C3)nc2)C2CC2)c1. The van der Waals surface area contributed by atoms with Crippen molar-refractivity contribution < 1.29 is 19.1 Å². The van der Waals surface area contributed by atoms with Crippen molar-refractivity contribution in [3.8, 4) is 5.75 Å². The molecule has 2 aromatic carbocycles. The zero-order valence-electron chi connectivity index (χ0n) is 26.6. The van der Waals surface area contributed by atoms with Crippen LogP contribution in [0.5, 0.6) is 5.75 Å². The highest BCUT2D eigenvalue weighted by molar-refractivity contribution is 6.37. The first kappa shape index (κ1) is 33.7. The molecule has 0 spiro atoms. The second kappa shape index (κ2) is 14.9. The third-order valence-electron chi connectivity index (χ3n) is 9.24. The molecule has 1 saturated carbocycles. The molecule has 0 radical (unpaired) electrons. The second-order valence-corrected chi connectivity index (χ2v) is 13.9. The number of benzene rings is 2. The molecule has 47 heavy (non-hydrogen) atoms. The summed E-state index contributed by atoms with van der Waals surface area (Å²) < 4.78 is 10.9. The number of aromatic nitrogens is 1. The quantitative estimate of drug-likeness (QED) is 0.242. The Hall–Kier alpha value is -3.24. The van der Waals surface area contributed by atoms with E-state index in [1.807, 2.05) is 48.4 Å². The third kappa shape index (κ3) is 8.08. The molecule has 0 unspecified atom stereocenters. The molecule has 3 fully saturated rings. The van der Waals surface area contributed by atoms with Crippen LogP contribution in [0, 0.1) is 12.8 Å². The average Bonchev–Trinajstić information content (AvgIpc) is 3.81. The van der Waals surface area contributed by atoms with E-state index < -0.39 is 6.09 Å². The van der Waals surface area contributed by atoms with Gasteiger partial charge in [0.05, 0.1) is 29.6 Å². The summed E-state index contributed by atoms with van der Waals surface area (Å²) in [5.41, 5.74) is 3.81. The molecule has 0 bridgehead atoms. The second-order valence-electron chi connectivity index (χ2n) is 12.7. The van der Waals surface area contributed by atoms with Crippen LogP contribution < -0.4 is 20.3 Å². The topological polar surface area (TPSA) is 96.0 Å². The fourth-order valence-corrected chi connectivity index (χ4v) is 7.46. The van der Waals surface area contributed by atoms with Gasteiger partial charge in [-0.1, -0.05) is 53.0 Å². The van der Waals surface area contributed by atoms with Crippen LogP contribution in [0.4, 0.5) is 10.6 Å². The standard InChI is InChI=1S/C35H40Cl3N5O4/c1-21-13-30(37)33(31(38)14-21)47-26-10-12-42(20-26)32-8-4-23(17-40-32)27-9-11-39-18-28(27)34(44)43(25-5-6-25)19-24-15-22(3-7-29(24)36)16-41-35(45)46-2/h3-4,7-8,13-15,17,25-28,39H,5-6,9-12,16,18-20H2,1-2H3,(H,41,45)/t26-,27-,28+/m1/s1. The van der Waals surface area contributed by atoms with Gasteiger partial charge in [0.15, 0.2) is 5.75 Å². The number of hydrogen-bond donors (Lipinski definition) is 2. The molecule has 12 heteroatoms. The lowest BCUT2D eigenvalue weighted by molar-refractivity contribution is -0.138. The molecule has 1 aromatic heterocycles. The van der Waals surface area contributed by atoms with Gasteiger partial charge in [0.1, 0.15) is 11.9 Å². The summed E-state index contributed by atoms with van der Waals surface area (Å²) in [6, 6.07) is 13.7. The minimum atomic E-state index is -0.498. The van der Waals surface area contributed by atoms with Gasteiger partial charge >= 0.3 is 6.09 Å². The van der Waals surface area contributed by atoms with E-state index in [-0.39, 0.29) is 29.9 Å². The molecule has 250 valence electrons. The summed E-state index contributed by atoms with van der Waals surface area (Å²) >= 11 is 19.5. The van der Waals surface area contributed by atoms with Gasteiger partial charge in [-0.3, -0.25) is 4.79 Å². The van der Waals surface area contributed by atoms with Gasteiger partial charge in [-0.2, -0.15) is 0 Å². The van der Waals surface area contributed by atoms with Crippen molar-refractivity contribution in [2.45, 2.75) is 63.8 Å². The highest BCUT2D eigenvalue weighted by atomic mass is 35.5. The van der Waals surface area contributed by atoms with Crippen molar-refractivity contribution in [2.75, 3.05) is 38.2 Å². The Morgan fingerprint density at radius 1 is 1.04 bits per heavy atom. The number of ether oxygens (including phenoxy) is 2. The van der Waals surface area contributed by atoms with E-state index >= 15 is 0 Å². The average molecular weight is 701 g/mol. The van der Waals surface area contributed by atoms with Gasteiger partial charge in [0.2, 0.25) is 5.91 Å². The minimum Gasteiger partial charge on any atom is -0.485 e. The monoisotopic (exact) mass is 699 g/mol. The Kier molecular flexibility index (Phi) is 10.7. The Labute approximate surface area is 290 Å². The Morgan fingerprint density at radius 3 is 2.53 bits per heavy atom. The van der Waals surface area contributed by atoms with E-state index in [0.29, 0.717) is 47.0 Å². The number of carbonyl (C=O) groups is 2. The molecule has 9 nitrogen and oxygen atoms in total. The van der Waals surface area contributed by atoms with Gasteiger partial charge in [0, 0.05) is 49.9 Å². The van der Waals surface area contributed by atoms with E-state index in [9.17, 15) is 9.59 Å². The Morgan fingerprint density at radius 2 is 1.83 bits per heavy atom. The van der Waals surface area contributed by atoms with Crippen molar-refractivity contribution in [3.63, 3.8) is 0 Å². The number of pyridine rings is 1. The lowest BCUT2D eigenvalue weighted by Gasteiger charge is -2.36. The normalized spacial score (nSPS) is 21.0. The fraction of sp³-hybridized carbons (Fsp3) is 0.457. The van der Waals surface area contributed by atoms with Crippen molar-refractivity contribution >= 4 is 52.6 Å². The maximum absolute atomic E-state index is 14.3. The minimum absolute atomic E-state index is 0.0488. The lowest BCUT2D eigenvalue weighted by atomic mass is 9.80. The number of halogens is 3. The summed E-state index contributed by atoms with van der Waals surface area (Å²) in [7, 11) is 1.33. The lowest BCUT2D eigenvalue weighted by Crippen LogP contribution is -2.47. The van der Waals surface area contributed by atoms with Crippen LogP contribution in [0.3, 0.4) is 0 Å². The van der Waals surface area contributed by atoms with Crippen LogP contribution >= 0.6 is 34.8 Å². The molecule has 2 N–H and O–H groups in total. The zero-order chi connectivity index (χ0) is 33.1. The van der Waals surface area contributed by atoms with Crippen LogP contribution in [-0.4, -0.2) is 67.3 Å². The van der Waals surface area contributed by atoms with Crippen molar-refractivity contribution in [1.82, 2.24) is 20.5 Å². The van der Waals surface area contributed by atoms with E-state index in [0.717, 1.165) is 66.8 Å². The number of amides is 2. The van der Waals surface area contributed by atoms with Gasteiger partial charge < -0.3 is 29.9 Å². The van der Waals surface area contributed by atoms with Crippen LogP contribution in [0.15, 0.2) is 48.7 Å². The van der Waals surface area contributed by atoms with Gasteiger partial charge in [-0.15, -0.1) is 0 Å². The number of hydrogen-bond acceptors (Lipinski definition) is 7. The molecular weight excluding hydrogens is 661 g/mol. The first-order chi connectivity index (χ1) is 22.7.